The van der Waals surface area contributed by atoms with Gasteiger partial charge in [-0.05, 0) is 100 Å². The summed E-state index contributed by atoms with van der Waals surface area (Å²) in [5, 5.41) is 19.6. The Morgan fingerprint density at radius 1 is 0.432 bits per heavy atom. The number of aliphatic imine (C=N–C) groups is 4. The number of benzene rings is 4. The lowest BCUT2D eigenvalue weighted by molar-refractivity contribution is 0.984. The zero-order chi connectivity index (χ0) is 31.1. The fraction of sp³-hybridized carbons (Fsp3) is 0.176. The number of rotatable bonds is 4. The van der Waals surface area contributed by atoms with Crippen LogP contribution >= 0.6 is 23.2 Å². The van der Waals surface area contributed by atoms with Crippen molar-refractivity contribution in [3.63, 3.8) is 0 Å². The smallest absolute Gasteiger partial charge is 0.147 e. The monoisotopic (exact) mass is 620 g/mol. The fourth-order valence-electron chi connectivity index (χ4n) is 4.51. The number of halogens is 2. The molecule has 0 aliphatic carbocycles. The molecule has 5 rings (SSSR count). The van der Waals surface area contributed by atoms with Crippen LogP contribution in [0.5, 0.6) is 0 Å². The topological polar surface area (TPSA) is 98.9 Å². The first kappa shape index (κ1) is 30.8. The lowest BCUT2D eigenvalue weighted by Gasteiger charge is -2.16. The van der Waals surface area contributed by atoms with Gasteiger partial charge in [-0.15, -0.1) is 0 Å². The van der Waals surface area contributed by atoms with Crippen molar-refractivity contribution in [1.82, 2.24) is 0 Å². The molecule has 0 unspecified atom stereocenters. The molecule has 4 aromatic rings. The molecule has 10 heteroatoms. The van der Waals surface area contributed by atoms with Gasteiger partial charge in [0.15, 0.2) is 0 Å². The summed E-state index contributed by atoms with van der Waals surface area (Å²) in [5.41, 5.74) is 6.91. The quantitative estimate of drug-likeness (QED) is 0.203. The average molecular weight is 622 g/mol. The van der Waals surface area contributed by atoms with E-state index in [1.54, 1.807) is 24.3 Å². The van der Waals surface area contributed by atoms with Gasteiger partial charge in [-0.25, -0.2) is 0 Å². The van der Waals surface area contributed by atoms with Crippen LogP contribution < -0.4 is 0 Å². The first-order valence-corrected chi connectivity index (χ1v) is 14.7. The van der Waals surface area contributed by atoms with E-state index in [9.17, 15) is 0 Å². The summed E-state index contributed by atoms with van der Waals surface area (Å²) in [6.45, 7) is 7.67. The van der Waals surface area contributed by atoms with E-state index in [0.717, 1.165) is 0 Å². The maximum absolute atomic E-state index is 6.06. The lowest BCUT2D eigenvalue weighted by atomic mass is 10.1. The van der Waals surface area contributed by atoms with Gasteiger partial charge in [0, 0.05) is 32.9 Å². The molecule has 0 aromatic heterocycles. The minimum atomic E-state index is -0.536. The van der Waals surface area contributed by atoms with Crippen LogP contribution in [0.1, 0.15) is 27.7 Å². The molecule has 8 nitrogen and oxygen atoms in total. The molecule has 1 heterocycles. The Balaban J connectivity index is 1.66. The summed E-state index contributed by atoms with van der Waals surface area (Å²) in [6.07, 6.45) is 0. The van der Waals surface area contributed by atoms with Gasteiger partial charge in [-0.2, -0.15) is 20.5 Å². The first-order valence-electron chi connectivity index (χ1n) is 14.0. The van der Waals surface area contributed by atoms with Crippen molar-refractivity contribution >= 4 is 80.2 Å². The molecule has 44 heavy (non-hydrogen) atoms. The molecule has 0 spiro atoms. The summed E-state index contributed by atoms with van der Waals surface area (Å²) >= 11 is 12.1. The molecule has 220 valence electrons. The van der Waals surface area contributed by atoms with Crippen LogP contribution in [0.25, 0.3) is 0 Å². The molecule has 0 radical (unpaired) electrons. The minimum absolute atomic E-state index is 0.536. The van der Waals surface area contributed by atoms with Gasteiger partial charge in [0.05, 0.1) is 34.1 Å². The highest BCUT2D eigenvalue weighted by Crippen LogP contribution is 2.32. The second-order valence-electron chi connectivity index (χ2n) is 10.2. The number of hydrogen-bond donors (Lipinski definition) is 0. The minimum Gasteiger partial charge on any atom is -0.253 e. The Kier molecular flexibility index (Phi) is 9.94. The zero-order valence-corrected chi connectivity index (χ0v) is 26.2. The maximum Gasteiger partial charge on any atom is 0.147 e. The molecule has 0 saturated heterocycles. The molecule has 0 N–H and O–H groups in total. The lowest BCUT2D eigenvalue weighted by Crippen LogP contribution is -2.24. The highest BCUT2D eigenvalue weighted by atomic mass is 35.5. The second-order valence-corrected chi connectivity index (χ2v) is 11.1. The molecule has 4 aromatic carbocycles. The van der Waals surface area contributed by atoms with Crippen LogP contribution in [0.3, 0.4) is 0 Å². The van der Waals surface area contributed by atoms with E-state index < -0.39 is 12.1 Å². The van der Waals surface area contributed by atoms with E-state index in [0.29, 0.717) is 67.0 Å². The molecule has 0 atom stereocenters. The molecule has 0 amide bonds. The van der Waals surface area contributed by atoms with Crippen molar-refractivity contribution in [2.75, 3.05) is 0 Å². The summed E-state index contributed by atoms with van der Waals surface area (Å²) < 4.78 is 0. The Morgan fingerprint density at radius 2 is 0.705 bits per heavy atom. The van der Waals surface area contributed by atoms with Crippen LogP contribution in [0.2, 0.25) is 10.0 Å². The molecule has 0 saturated carbocycles. The van der Waals surface area contributed by atoms with E-state index in [2.05, 4.69) is 20.5 Å². The maximum atomic E-state index is 6.06. The van der Waals surface area contributed by atoms with Gasteiger partial charge in [0.25, 0.3) is 0 Å². The van der Waals surface area contributed by atoms with Crippen LogP contribution in [0.4, 0.5) is 34.1 Å². The third kappa shape index (κ3) is 7.83. The predicted octanol–water partition coefficient (Wildman–Crippen LogP) is 11.4. The highest BCUT2D eigenvalue weighted by Gasteiger charge is 2.20. The van der Waals surface area contributed by atoms with E-state index in [4.69, 9.17) is 43.2 Å². The standard InChI is InChI=1S/C34H30Cl2N8/c1-21-33(43-41-27-17-13-25(35)14-18-27)22(2)38-31-11-7-8-12-32(31)40-24(4)34(44-42-28-19-15-26(36)16-20-28)23(3)39-30-10-6-5-9-29(30)37-21/h5-20,33-34H,1-4H3. The Hall–Kier alpha value is -4.66. The Morgan fingerprint density at radius 3 is 0.977 bits per heavy atom. The number of para-hydroxylation sites is 4. The van der Waals surface area contributed by atoms with E-state index in [1.807, 2.05) is 100 Å². The molecule has 1 aliphatic heterocycles. The summed E-state index contributed by atoms with van der Waals surface area (Å²) in [7, 11) is 0. The normalized spacial score (nSPS) is 17.7. The SMILES string of the molecule is CC1=Nc2ccccc2N=C(C)C(N=Nc2ccc(Cl)cc2)C(C)=Nc2ccccc2N=C(C)C1N=Nc1ccc(Cl)cc1. The third-order valence-corrected chi connectivity index (χ3v) is 7.27. The van der Waals surface area contributed by atoms with Gasteiger partial charge < -0.3 is 0 Å². The highest BCUT2D eigenvalue weighted by molar-refractivity contribution is 6.30. The van der Waals surface area contributed by atoms with Gasteiger partial charge in [0.2, 0.25) is 0 Å². The fourth-order valence-corrected chi connectivity index (χ4v) is 4.77. The van der Waals surface area contributed by atoms with Crippen molar-refractivity contribution in [2.24, 2.45) is 40.4 Å². The van der Waals surface area contributed by atoms with E-state index in [-0.39, 0.29) is 0 Å². The van der Waals surface area contributed by atoms with Crippen molar-refractivity contribution in [3.05, 3.63) is 107 Å². The molecular weight excluding hydrogens is 591 g/mol. The van der Waals surface area contributed by atoms with Crippen LogP contribution in [0, 0.1) is 0 Å². The van der Waals surface area contributed by atoms with E-state index in [1.165, 1.54) is 0 Å². The van der Waals surface area contributed by atoms with Crippen LogP contribution in [0.15, 0.2) is 137 Å². The number of hydrogen-bond acceptors (Lipinski definition) is 8. The first-order chi connectivity index (χ1) is 21.3. The summed E-state index contributed by atoms with van der Waals surface area (Å²) in [5.74, 6) is 0. The van der Waals surface area contributed by atoms with Crippen molar-refractivity contribution in [3.8, 4) is 0 Å². The van der Waals surface area contributed by atoms with Crippen molar-refractivity contribution in [2.45, 2.75) is 39.8 Å². The Labute approximate surface area is 266 Å². The van der Waals surface area contributed by atoms with E-state index >= 15 is 0 Å². The predicted molar refractivity (Wildman–Crippen MR) is 183 cm³/mol. The summed E-state index contributed by atoms with van der Waals surface area (Å²) in [4.78, 5) is 19.9. The largest absolute Gasteiger partial charge is 0.253 e. The Bertz CT molecular complexity index is 1610. The zero-order valence-electron chi connectivity index (χ0n) is 24.7. The molecule has 0 fully saturated rings. The molecule has 0 bridgehead atoms. The van der Waals surface area contributed by atoms with Gasteiger partial charge >= 0.3 is 0 Å². The number of nitrogens with zero attached hydrogens (tertiary/aromatic N) is 8. The van der Waals surface area contributed by atoms with Gasteiger partial charge in [-0.1, -0.05) is 47.5 Å². The summed E-state index contributed by atoms with van der Waals surface area (Å²) in [6, 6.07) is 28.7. The van der Waals surface area contributed by atoms with Gasteiger partial charge in [-0.3, -0.25) is 20.0 Å². The van der Waals surface area contributed by atoms with Crippen molar-refractivity contribution < 1.29 is 0 Å². The number of azo groups is 2. The molecular formula is C34H30Cl2N8. The molecule has 1 aliphatic rings. The van der Waals surface area contributed by atoms with Gasteiger partial charge in [0.1, 0.15) is 12.1 Å². The van der Waals surface area contributed by atoms with Crippen LogP contribution in [-0.4, -0.2) is 34.9 Å². The van der Waals surface area contributed by atoms with Crippen LogP contribution in [-0.2, 0) is 0 Å². The average Bonchev–Trinajstić information content (AvgIpc) is 3.01. The second kappa shape index (κ2) is 14.2. The third-order valence-electron chi connectivity index (χ3n) is 6.76. The number of fused-ring (bicyclic) bond motifs is 2. The van der Waals surface area contributed by atoms with Crippen molar-refractivity contribution in [1.29, 1.82) is 0 Å².